The molecular formula is C16H16N4O. The van der Waals surface area contributed by atoms with Gasteiger partial charge >= 0.3 is 0 Å². The monoisotopic (exact) mass is 280 g/mol. The number of pyridine rings is 1. The van der Waals surface area contributed by atoms with Gasteiger partial charge in [0, 0.05) is 25.0 Å². The molecule has 0 radical (unpaired) electrons. The number of hydrogen-bond donors (Lipinski definition) is 2. The summed E-state index contributed by atoms with van der Waals surface area (Å²) in [6, 6.07) is 13.1. The first kappa shape index (κ1) is 14.5. The zero-order valence-electron chi connectivity index (χ0n) is 11.9. The molecule has 5 heteroatoms. The third kappa shape index (κ3) is 3.57. The summed E-state index contributed by atoms with van der Waals surface area (Å²) in [5.74, 6) is -0.218. The fourth-order valence-corrected chi connectivity index (χ4v) is 1.95. The largest absolute Gasteiger partial charge is 0.378 e. The summed E-state index contributed by atoms with van der Waals surface area (Å²) in [5.41, 5.74) is 2.89. The number of benzene rings is 1. The molecule has 2 aromatic rings. The Morgan fingerprint density at radius 3 is 2.62 bits per heavy atom. The van der Waals surface area contributed by atoms with Gasteiger partial charge in [0.1, 0.15) is 5.69 Å². The van der Waals surface area contributed by atoms with E-state index in [0.717, 1.165) is 11.3 Å². The van der Waals surface area contributed by atoms with Crippen molar-refractivity contribution < 1.29 is 4.79 Å². The minimum absolute atomic E-state index is 0.0534. The molecule has 1 unspecified atom stereocenters. The first-order valence-corrected chi connectivity index (χ1v) is 6.58. The van der Waals surface area contributed by atoms with Gasteiger partial charge in [-0.2, -0.15) is 5.26 Å². The van der Waals surface area contributed by atoms with Crippen molar-refractivity contribution in [3.63, 3.8) is 0 Å². The zero-order chi connectivity index (χ0) is 15.2. The number of anilines is 1. The Balaban J connectivity index is 2.13. The summed E-state index contributed by atoms with van der Waals surface area (Å²) < 4.78 is 0. The lowest BCUT2D eigenvalue weighted by Gasteiger charge is -2.16. The molecule has 1 amide bonds. The normalized spacial score (nSPS) is 11.3. The van der Waals surface area contributed by atoms with Gasteiger partial charge in [0.2, 0.25) is 0 Å². The van der Waals surface area contributed by atoms with E-state index in [2.05, 4.69) is 21.7 Å². The molecular weight excluding hydrogens is 264 g/mol. The van der Waals surface area contributed by atoms with Crippen LogP contribution in [0, 0.1) is 11.3 Å². The highest BCUT2D eigenvalue weighted by molar-refractivity contribution is 5.92. The van der Waals surface area contributed by atoms with E-state index in [4.69, 9.17) is 5.26 Å². The lowest BCUT2D eigenvalue weighted by molar-refractivity contribution is 0.0958. The molecule has 2 N–H and O–H groups in total. The van der Waals surface area contributed by atoms with Crippen LogP contribution in [0.15, 0.2) is 42.6 Å². The van der Waals surface area contributed by atoms with Crippen LogP contribution in [0.4, 0.5) is 5.69 Å². The number of carbonyl (C=O) groups is 1. The Morgan fingerprint density at radius 1 is 1.29 bits per heavy atom. The van der Waals surface area contributed by atoms with Crippen LogP contribution in [-0.4, -0.2) is 17.9 Å². The van der Waals surface area contributed by atoms with Crippen molar-refractivity contribution in [2.24, 2.45) is 0 Å². The summed E-state index contributed by atoms with van der Waals surface area (Å²) in [4.78, 5) is 15.6. The number of hydrogen-bond acceptors (Lipinski definition) is 4. The molecule has 21 heavy (non-hydrogen) atoms. The minimum atomic E-state index is -0.218. The van der Waals surface area contributed by atoms with E-state index in [1.54, 1.807) is 31.4 Å². The third-order valence-electron chi connectivity index (χ3n) is 3.14. The topological polar surface area (TPSA) is 77.8 Å². The van der Waals surface area contributed by atoms with Crippen LogP contribution < -0.4 is 10.6 Å². The number of carbonyl (C=O) groups excluding carboxylic acids is 1. The van der Waals surface area contributed by atoms with Crippen LogP contribution in [0.3, 0.4) is 0 Å². The van der Waals surface area contributed by atoms with Gasteiger partial charge in [-0.1, -0.05) is 12.1 Å². The molecule has 0 saturated carbocycles. The Labute approximate surface area is 123 Å². The zero-order valence-corrected chi connectivity index (χ0v) is 11.9. The molecule has 1 aromatic carbocycles. The van der Waals surface area contributed by atoms with E-state index >= 15 is 0 Å². The summed E-state index contributed by atoms with van der Waals surface area (Å²) in [6.07, 6.45) is 1.60. The second kappa shape index (κ2) is 6.53. The van der Waals surface area contributed by atoms with Gasteiger partial charge in [-0.15, -0.1) is 0 Å². The van der Waals surface area contributed by atoms with Crippen LogP contribution in [0.1, 0.15) is 34.6 Å². The standard InChI is InChI=1S/C16H16N4O/c1-11(13-5-3-12(10-17)4-6-13)20-14-7-8-19-15(9-14)16(21)18-2/h3-9,11H,1-2H3,(H,18,21)(H,19,20). The van der Waals surface area contributed by atoms with Crippen LogP contribution in [0.2, 0.25) is 0 Å². The molecule has 1 heterocycles. The van der Waals surface area contributed by atoms with Gasteiger partial charge in [-0.05, 0) is 36.8 Å². The van der Waals surface area contributed by atoms with E-state index in [9.17, 15) is 4.79 Å². The number of rotatable bonds is 4. The van der Waals surface area contributed by atoms with E-state index in [0.29, 0.717) is 11.3 Å². The highest BCUT2D eigenvalue weighted by atomic mass is 16.1. The number of amides is 1. The second-order valence-corrected chi connectivity index (χ2v) is 4.61. The van der Waals surface area contributed by atoms with Crippen LogP contribution in [-0.2, 0) is 0 Å². The smallest absolute Gasteiger partial charge is 0.269 e. The van der Waals surface area contributed by atoms with Gasteiger partial charge in [-0.25, -0.2) is 0 Å². The molecule has 106 valence electrons. The van der Waals surface area contributed by atoms with Crippen LogP contribution in [0.25, 0.3) is 0 Å². The molecule has 0 fully saturated rings. The lowest BCUT2D eigenvalue weighted by atomic mass is 10.1. The van der Waals surface area contributed by atoms with Crippen molar-refractivity contribution in [1.82, 2.24) is 10.3 Å². The summed E-state index contributed by atoms with van der Waals surface area (Å²) >= 11 is 0. The minimum Gasteiger partial charge on any atom is -0.378 e. The second-order valence-electron chi connectivity index (χ2n) is 4.61. The first-order valence-electron chi connectivity index (χ1n) is 6.58. The SMILES string of the molecule is CNC(=O)c1cc(NC(C)c2ccc(C#N)cc2)ccn1. The highest BCUT2D eigenvalue weighted by Gasteiger charge is 2.08. The highest BCUT2D eigenvalue weighted by Crippen LogP contribution is 2.19. The molecule has 2 rings (SSSR count). The summed E-state index contributed by atoms with van der Waals surface area (Å²) in [7, 11) is 1.57. The lowest BCUT2D eigenvalue weighted by Crippen LogP contribution is -2.19. The fourth-order valence-electron chi connectivity index (χ4n) is 1.95. The fraction of sp³-hybridized carbons (Fsp3) is 0.188. The maximum absolute atomic E-state index is 11.6. The van der Waals surface area contributed by atoms with Crippen molar-refractivity contribution in [2.45, 2.75) is 13.0 Å². The van der Waals surface area contributed by atoms with Crippen molar-refractivity contribution in [2.75, 3.05) is 12.4 Å². The Kier molecular flexibility index (Phi) is 4.52. The first-order chi connectivity index (χ1) is 10.1. The maximum Gasteiger partial charge on any atom is 0.269 e. The van der Waals surface area contributed by atoms with Gasteiger partial charge in [0.15, 0.2) is 0 Å². The van der Waals surface area contributed by atoms with Crippen molar-refractivity contribution in [3.8, 4) is 6.07 Å². The molecule has 5 nitrogen and oxygen atoms in total. The van der Waals surface area contributed by atoms with Crippen molar-refractivity contribution >= 4 is 11.6 Å². The Hall–Kier alpha value is -2.87. The van der Waals surface area contributed by atoms with E-state index in [1.165, 1.54) is 0 Å². The Bertz CT molecular complexity index is 673. The van der Waals surface area contributed by atoms with Gasteiger partial charge in [0.25, 0.3) is 5.91 Å². The predicted molar refractivity (Wildman–Crippen MR) is 80.8 cm³/mol. The molecule has 0 aliphatic heterocycles. The number of nitriles is 1. The molecule has 0 spiro atoms. The average molecular weight is 280 g/mol. The molecule has 0 saturated heterocycles. The number of nitrogens with zero attached hydrogens (tertiary/aromatic N) is 2. The number of nitrogens with one attached hydrogen (secondary N) is 2. The maximum atomic E-state index is 11.6. The van der Waals surface area contributed by atoms with Gasteiger partial charge in [0.05, 0.1) is 11.6 Å². The summed E-state index contributed by atoms with van der Waals surface area (Å²) in [6.45, 7) is 2.02. The molecule has 0 bridgehead atoms. The van der Waals surface area contributed by atoms with Gasteiger partial charge in [-0.3, -0.25) is 9.78 Å². The number of aromatic nitrogens is 1. The van der Waals surface area contributed by atoms with Gasteiger partial charge < -0.3 is 10.6 Å². The van der Waals surface area contributed by atoms with Crippen LogP contribution >= 0.6 is 0 Å². The van der Waals surface area contributed by atoms with E-state index < -0.39 is 0 Å². The molecule has 1 atom stereocenters. The quantitative estimate of drug-likeness (QED) is 0.902. The average Bonchev–Trinajstić information content (AvgIpc) is 2.54. The third-order valence-corrected chi connectivity index (χ3v) is 3.14. The predicted octanol–water partition coefficient (Wildman–Crippen LogP) is 2.49. The van der Waals surface area contributed by atoms with E-state index in [1.807, 2.05) is 25.1 Å². The van der Waals surface area contributed by atoms with E-state index in [-0.39, 0.29) is 11.9 Å². The molecule has 0 aliphatic rings. The molecule has 1 aromatic heterocycles. The van der Waals surface area contributed by atoms with Crippen molar-refractivity contribution in [3.05, 3.63) is 59.4 Å². The van der Waals surface area contributed by atoms with Crippen LogP contribution in [0.5, 0.6) is 0 Å². The van der Waals surface area contributed by atoms with Crippen molar-refractivity contribution in [1.29, 1.82) is 5.26 Å². The molecule has 0 aliphatic carbocycles. The Morgan fingerprint density at radius 2 is 2.00 bits per heavy atom. The summed E-state index contributed by atoms with van der Waals surface area (Å²) in [5, 5.41) is 14.7.